The number of hydrogen-bond acceptors (Lipinski definition) is 4. The number of aromatic nitrogens is 1. The lowest BCUT2D eigenvalue weighted by molar-refractivity contribution is -0.119. The fourth-order valence-electron chi connectivity index (χ4n) is 4.20. The normalized spacial score (nSPS) is 11.6. The fourth-order valence-corrected chi connectivity index (χ4v) is 5.75. The van der Waals surface area contributed by atoms with Gasteiger partial charge < -0.3 is 4.57 Å². The van der Waals surface area contributed by atoms with Gasteiger partial charge in [-0.05, 0) is 81.8 Å². The molecule has 0 unspecified atom stereocenters. The van der Waals surface area contributed by atoms with Crippen LogP contribution in [0.25, 0.3) is 5.69 Å². The molecule has 4 rings (SSSR count). The van der Waals surface area contributed by atoms with E-state index in [9.17, 15) is 13.2 Å². The van der Waals surface area contributed by atoms with Crippen molar-refractivity contribution in [1.29, 1.82) is 0 Å². The van der Waals surface area contributed by atoms with Crippen LogP contribution in [0.3, 0.4) is 0 Å². The quantitative estimate of drug-likeness (QED) is 0.226. The van der Waals surface area contributed by atoms with Gasteiger partial charge in [0.1, 0.15) is 6.54 Å². The van der Waals surface area contributed by atoms with E-state index in [2.05, 4.69) is 34.2 Å². The molecule has 1 amide bonds. The number of sulfonamides is 1. The summed E-state index contributed by atoms with van der Waals surface area (Å²) in [6.45, 7) is 7.46. The molecule has 3 aromatic carbocycles. The molecule has 0 saturated heterocycles. The third-order valence-corrected chi connectivity index (χ3v) is 8.27. The number of amides is 1. The standard InChI is InChI=1S/C29H29ClN4O3S/c1-20-9-15-27(16-10-20)38(36,37)33(26-13-11-25(30)12-14-26)19-29(35)32-31-18-24-17-22(3)34(23(24)4)28-8-6-5-7-21(28)2/h5-18H,19H2,1-4H3,(H,32,35)/b31-18-. The van der Waals surface area contributed by atoms with Gasteiger partial charge in [-0.2, -0.15) is 5.10 Å². The van der Waals surface area contributed by atoms with Crippen molar-refractivity contribution in [2.24, 2.45) is 5.10 Å². The van der Waals surface area contributed by atoms with Crippen molar-refractivity contribution >= 4 is 39.4 Å². The van der Waals surface area contributed by atoms with Gasteiger partial charge in [-0.3, -0.25) is 9.10 Å². The molecule has 1 N–H and O–H groups in total. The minimum atomic E-state index is -4.03. The molecule has 0 spiro atoms. The van der Waals surface area contributed by atoms with E-state index in [-0.39, 0.29) is 4.90 Å². The zero-order valence-electron chi connectivity index (χ0n) is 21.6. The van der Waals surface area contributed by atoms with E-state index in [0.29, 0.717) is 10.7 Å². The molecule has 0 fully saturated rings. The van der Waals surface area contributed by atoms with E-state index in [1.807, 2.05) is 39.0 Å². The summed E-state index contributed by atoms with van der Waals surface area (Å²) in [5.74, 6) is -0.584. The number of carbonyl (C=O) groups is 1. The second kappa shape index (κ2) is 11.2. The minimum absolute atomic E-state index is 0.0815. The summed E-state index contributed by atoms with van der Waals surface area (Å²) < 4.78 is 30.1. The Morgan fingerprint density at radius 2 is 1.63 bits per heavy atom. The van der Waals surface area contributed by atoms with Crippen LogP contribution in [0.2, 0.25) is 5.02 Å². The maximum Gasteiger partial charge on any atom is 0.264 e. The molecule has 196 valence electrons. The summed E-state index contributed by atoms with van der Waals surface area (Å²) in [7, 11) is -4.03. The van der Waals surface area contributed by atoms with E-state index < -0.39 is 22.5 Å². The maximum atomic E-state index is 13.5. The summed E-state index contributed by atoms with van der Waals surface area (Å²) in [6, 6.07) is 22.8. The minimum Gasteiger partial charge on any atom is -0.318 e. The number of carbonyl (C=O) groups excluding carboxylic acids is 1. The largest absolute Gasteiger partial charge is 0.318 e. The van der Waals surface area contributed by atoms with Gasteiger partial charge in [-0.25, -0.2) is 13.8 Å². The molecule has 0 radical (unpaired) electrons. The van der Waals surface area contributed by atoms with Gasteiger partial charge in [0.15, 0.2) is 0 Å². The molecule has 9 heteroatoms. The third kappa shape index (κ3) is 5.82. The summed E-state index contributed by atoms with van der Waals surface area (Å²) >= 11 is 6.00. The van der Waals surface area contributed by atoms with Gasteiger partial charge >= 0.3 is 0 Å². The number of rotatable bonds is 8. The maximum absolute atomic E-state index is 13.5. The average molecular weight is 549 g/mol. The Labute approximate surface area is 228 Å². The van der Waals surface area contributed by atoms with Crippen LogP contribution in [0.1, 0.15) is 28.1 Å². The van der Waals surface area contributed by atoms with Crippen LogP contribution in [0.5, 0.6) is 0 Å². The first kappa shape index (κ1) is 27.2. The topological polar surface area (TPSA) is 83.8 Å². The first-order valence-corrected chi connectivity index (χ1v) is 13.8. The van der Waals surface area contributed by atoms with E-state index in [1.165, 1.54) is 12.1 Å². The molecular formula is C29H29ClN4O3S. The lowest BCUT2D eigenvalue weighted by Gasteiger charge is -2.23. The first-order valence-electron chi connectivity index (χ1n) is 12.0. The molecule has 7 nitrogen and oxygen atoms in total. The Bertz CT molecular complexity index is 1590. The Hall–Kier alpha value is -3.88. The molecule has 0 bridgehead atoms. The average Bonchev–Trinajstić information content (AvgIpc) is 3.16. The third-order valence-electron chi connectivity index (χ3n) is 6.23. The predicted molar refractivity (Wildman–Crippen MR) is 153 cm³/mol. The number of para-hydroxylation sites is 1. The summed E-state index contributed by atoms with van der Waals surface area (Å²) in [6.07, 6.45) is 1.57. The second-order valence-electron chi connectivity index (χ2n) is 9.04. The molecule has 0 saturated carbocycles. The number of hydrazone groups is 1. The number of nitrogens with one attached hydrogen (secondary N) is 1. The lowest BCUT2D eigenvalue weighted by Crippen LogP contribution is -2.39. The van der Waals surface area contributed by atoms with Crippen LogP contribution < -0.4 is 9.73 Å². The Balaban J connectivity index is 1.56. The highest BCUT2D eigenvalue weighted by molar-refractivity contribution is 7.92. The van der Waals surface area contributed by atoms with Crippen molar-refractivity contribution in [3.63, 3.8) is 0 Å². The highest BCUT2D eigenvalue weighted by Gasteiger charge is 2.27. The van der Waals surface area contributed by atoms with E-state index >= 15 is 0 Å². The van der Waals surface area contributed by atoms with Gasteiger partial charge in [0.05, 0.1) is 16.8 Å². The monoisotopic (exact) mass is 548 g/mol. The van der Waals surface area contributed by atoms with Crippen molar-refractivity contribution in [2.45, 2.75) is 32.6 Å². The number of benzene rings is 3. The number of anilines is 1. The van der Waals surface area contributed by atoms with Crippen LogP contribution in [0.4, 0.5) is 5.69 Å². The molecule has 0 aliphatic heterocycles. The molecule has 1 aromatic heterocycles. The van der Waals surface area contributed by atoms with E-state index in [4.69, 9.17) is 11.6 Å². The van der Waals surface area contributed by atoms with Crippen LogP contribution in [0.15, 0.2) is 88.9 Å². The molecule has 4 aromatic rings. The highest BCUT2D eigenvalue weighted by atomic mass is 35.5. The number of aryl methyl sites for hydroxylation is 3. The van der Waals surface area contributed by atoms with Crippen molar-refractivity contribution in [1.82, 2.24) is 9.99 Å². The predicted octanol–water partition coefficient (Wildman–Crippen LogP) is 5.71. The number of halogens is 1. The SMILES string of the molecule is Cc1ccc(S(=O)(=O)N(CC(=O)N/N=C\c2cc(C)n(-c3ccccc3C)c2C)c2ccc(Cl)cc2)cc1. The van der Waals surface area contributed by atoms with Crippen LogP contribution >= 0.6 is 11.6 Å². The Morgan fingerprint density at radius 1 is 0.974 bits per heavy atom. The summed E-state index contributed by atoms with van der Waals surface area (Å²) in [4.78, 5) is 13.0. The van der Waals surface area contributed by atoms with Gasteiger partial charge in [0.25, 0.3) is 15.9 Å². The molecule has 1 heterocycles. The van der Waals surface area contributed by atoms with Crippen LogP contribution in [0, 0.1) is 27.7 Å². The van der Waals surface area contributed by atoms with Crippen molar-refractivity contribution < 1.29 is 13.2 Å². The zero-order valence-corrected chi connectivity index (χ0v) is 23.2. The van der Waals surface area contributed by atoms with Gasteiger partial charge in [0.2, 0.25) is 0 Å². The van der Waals surface area contributed by atoms with Crippen molar-refractivity contribution in [2.75, 3.05) is 10.8 Å². The van der Waals surface area contributed by atoms with Crippen LogP contribution in [-0.2, 0) is 14.8 Å². The molecule has 0 aliphatic carbocycles. The Kier molecular flexibility index (Phi) is 8.04. The summed E-state index contributed by atoms with van der Waals surface area (Å²) in [5.41, 5.74) is 8.77. The summed E-state index contributed by atoms with van der Waals surface area (Å²) in [5, 5.41) is 4.58. The zero-order chi connectivity index (χ0) is 27.4. The fraction of sp³-hybridized carbons (Fsp3) is 0.172. The van der Waals surface area contributed by atoms with Crippen molar-refractivity contribution in [3.05, 3.63) is 112 Å². The van der Waals surface area contributed by atoms with Gasteiger partial charge in [0, 0.05) is 27.7 Å². The smallest absolute Gasteiger partial charge is 0.264 e. The lowest BCUT2D eigenvalue weighted by atomic mass is 10.2. The number of hydrogen-bond donors (Lipinski definition) is 1. The van der Waals surface area contributed by atoms with Gasteiger partial charge in [-0.15, -0.1) is 0 Å². The second-order valence-corrected chi connectivity index (χ2v) is 11.3. The van der Waals surface area contributed by atoms with Crippen LogP contribution in [-0.4, -0.2) is 31.7 Å². The first-order chi connectivity index (χ1) is 18.1. The molecule has 0 atom stereocenters. The molecule has 0 aliphatic rings. The van der Waals surface area contributed by atoms with Gasteiger partial charge in [-0.1, -0.05) is 47.5 Å². The highest BCUT2D eigenvalue weighted by Crippen LogP contribution is 2.26. The van der Waals surface area contributed by atoms with Crippen molar-refractivity contribution in [3.8, 4) is 5.69 Å². The molecular weight excluding hydrogens is 520 g/mol. The Morgan fingerprint density at radius 3 is 2.29 bits per heavy atom. The molecule has 38 heavy (non-hydrogen) atoms. The van der Waals surface area contributed by atoms with E-state index in [0.717, 1.165) is 38.1 Å². The van der Waals surface area contributed by atoms with E-state index in [1.54, 1.807) is 42.6 Å². The number of nitrogens with zero attached hydrogens (tertiary/aromatic N) is 3.